The van der Waals surface area contributed by atoms with Crippen molar-refractivity contribution in [2.75, 3.05) is 7.05 Å². The molecule has 0 fully saturated rings. The van der Waals surface area contributed by atoms with Crippen LogP contribution in [0.3, 0.4) is 0 Å². The van der Waals surface area contributed by atoms with Crippen LogP contribution in [0, 0.1) is 0 Å². The Kier molecular flexibility index (Phi) is 4.74. The van der Waals surface area contributed by atoms with Gasteiger partial charge in [-0.1, -0.05) is 17.3 Å². The van der Waals surface area contributed by atoms with Crippen molar-refractivity contribution in [3.8, 4) is 0 Å². The molecule has 136 valence electrons. The lowest BCUT2D eigenvalue weighted by Crippen LogP contribution is -2.26. The second kappa shape index (κ2) is 6.98. The summed E-state index contributed by atoms with van der Waals surface area (Å²) in [4.78, 5) is 13.8. The second-order valence-electron chi connectivity index (χ2n) is 5.74. The number of amides is 1. The van der Waals surface area contributed by atoms with E-state index in [1.807, 2.05) is 0 Å². The minimum absolute atomic E-state index is 0.0778. The average Bonchev–Trinajstić information content (AvgIpc) is 3.25. The highest BCUT2D eigenvalue weighted by molar-refractivity contribution is 5.91. The molecule has 0 unspecified atom stereocenters. The Morgan fingerprint density at radius 3 is 2.81 bits per heavy atom. The average molecular weight is 364 g/mol. The van der Waals surface area contributed by atoms with Crippen LogP contribution in [0.2, 0.25) is 0 Å². The SMILES string of the molecule is CN(Cc1ccn[nH]1)C(=O)c1cn(Cc2cccc(C(F)(F)F)c2)nn1. The maximum absolute atomic E-state index is 12.8. The minimum atomic E-state index is -4.41. The van der Waals surface area contributed by atoms with Crippen LogP contribution >= 0.6 is 0 Å². The van der Waals surface area contributed by atoms with Gasteiger partial charge in [0, 0.05) is 13.2 Å². The Morgan fingerprint density at radius 1 is 1.31 bits per heavy atom. The Hall–Kier alpha value is -3.17. The third kappa shape index (κ3) is 4.08. The molecule has 0 spiro atoms. The molecule has 0 aliphatic carbocycles. The van der Waals surface area contributed by atoms with Gasteiger partial charge in [0.05, 0.1) is 30.5 Å². The van der Waals surface area contributed by atoms with Gasteiger partial charge in [-0.15, -0.1) is 5.10 Å². The van der Waals surface area contributed by atoms with Crippen LogP contribution in [-0.4, -0.2) is 43.0 Å². The number of aromatic amines is 1. The molecule has 26 heavy (non-hydrogen) atoms. The molecule has 0 radical (unpaired) electrons. The number of H-pyrrole nitrogens is 1. The number of alkyl halides is 3. The van der Waals surface area contributed by atoms with Gasteiger partial charge in [-0.2, -0.15) is 18.3 Å². The number of aromatic nitrogens is 5. The first-order valence-corrected chi connectivity index (χ1v) is 7.63. The lowest BCUT2D eigenvalue weighted by atomic mass is 10.1. The first-order chi connectivity index (χ1) is 12.3. The zero-order valence-electron chi connectivity index (χ0n) is 13.7. The summed E-state index contributed by atoms with van der Waals surface area (Å²) in [7, 11) is 1.61. The fraction of sp³-hybridized carbons (Fsp3) is 0.250. The van der Waals surface area contributed by atoms with Gasteiger partial charge in [0.15, 0.2) is 5.69 Å². The largest absolute Gasteiger partial charge is 0.416 e. The van der Waals surface area contributed by atoms with Crippen LogP contribution in [0.25, 0.3) is 0 Å². The van der Waals surface area contributed by atoms with E-state index in [9.17, 15) is 18.0 Å². The summed E-state index contributed by atoms with van der Waals surface area (Å²) in [6, 6.07) is 6.69. The van der Waals surface area contributed by atoms with Crippen molar-refractivity contribution in [2.24, 2.45) is 0 Å². The minimum Gasteiger partial charge on any atom is -0.334 e. The number of halogens is 3. The first kappa shape index (κ1) is 17.6. The van der Waals surface area contributed by atoms with Crippen molar-refractivity contribution in [1.82, 2.24) is 30.1 Å². The van der Waals surface area contributed by atoms with Crippen LogP contribution in [0.1, 0.15) is 27.3 Å². The van der Waals surface area contributed by atoms with Gasteiger partial charge in [-0.3, -0.25) is 9.89 Å². The zero-order chi connectivity index (χ0) is 18.7. The topological polar surface area (TPSA) is 79.7 Å². The molecule has 1 N–H and O–H groups in total. The molecular weight excluding hydrogens is 349 g/mol. The van der Waals surface area contributed by atoms with Crippen molar-refractivity contribution in [2.45, 2.75) is 19.3 Å². The number of carbonyl (C=O) groups excluding carboxylic acids is 1. The van der Waals surface area contributed by atoms with Gasteiger partial charge in [0.1, 0.15) is 0 Å². The normalized spacial score (nSPS) is 11.5. The zero-order valence-corrected chi connectivity index (χ0v) is 13.7. The van der Waals surface area contributed by atoms with Crippen molar-refractivity contribution in [3.63, 3.8) is 0 Å². The van der Waals surface area contributed by atoms with Crippen LogP contribution < -0.4 is 0 Å². The van der Waals surface area contributed by atoms with E-state index in [-0.39, 0.29) is 18.1 Å². The summed E-state index contributed by atoms with van der Waals surface area (Å²) >= 11 is 0. The van der Waals surface area contributed by atoms with Gasteiger partial charge < -0.3 is 4.90 Å². The van der Waals surface area contributed by atoms with Crippen molar-refractivity contribution >= 4 is 5.91 Å². The van der Waals surface area contributed by atoms with E-state index in [1.165, 1.54) is 21.8 Å². The summed E-state index contributed by atoms with van der Waals surface area (Å²) in [6.45, 7) is 0.397. The number of carbonyl (C=O) groups is 1. The third-order valence-electron chi connectivity index (χ3n) is 3.67. The number of benzene rings is 1. The summed E-state index contributed by atoms with van der Waals surface area (Å²) in [5.41, 5.74) is 0.552. The maximum Gasteiger partial charge on any atom is 0.416 e. The van der Waals surface area contributed by atoms with Gasteiger partial charge in [0.2, 0.25) is 0 Å². The van der Waals surface area contributed by atoms with E-state index in [2.05, 4.69) is 20.5 Å². The molecule has 2 heterocycles. The van der Waals surface area contributed by atoms with E-state index >= 15 is 0 Å². The van der Waals surface area contributed by atoms with E-state index in [0.717, 1.165) is 17.8 Å². The second-order valence-corrected chi connectivity index (χ2v) is 5.74. The highest BCUT2D eigenvalue weighted by Crippen LogP contribution is 2.29. The predicted molar refractivity (Wildman–Crippen MR) is 85.0 cm³/mol. The van der Waals surface area contributed by atoms with Crippen molar-refractivity contribution < 1.29 is 18.0 Å². The van der Waals surface area contributed by atoms with E-state index in [1.54, 1.807) is 25.4 Å². The molecular formula is C16H15F3N6O. The molecule has 7 nitrogen and oxygen atoms in total. The van der Waals surface area contributed by atoms with Crippen molar-refractivity contribution in [1.29, 1.82) is 0 Å². The number of nitrogens with zero attached hydrogens (tertiary/aromatic N) is 5. The van der Waals surface area contributed by atoms with E-state index < -0.39 is 11.7 Å². The lowest BCUT2D eigenvalue weighted by molar-refractivity contribution is -0.137. The molecule has 2 aromatic heterocycles. The Balaban J connectivity index is 1.69. The maximum atomic E-state index is 12.8. The molecule has 3 aromatic rings. The quantitative estimate of drug-likeness (QED) is 0.754. The van der Waals surface area contributed by atoms with Crippen molar-refractivity contribution in [3.05, 3.63) is 65.2 Å². The molecule has 1 aromatic carbocycles. The molecule has 0 bridgehead atoms. The number of hydrogen-bond donors (Lipinski definition) is 1. The Morgan fingerprint density at radius 2 is 2.12 bits per heavy atom. The number of hydrogen-bond acceptors (Lipinski definition) is 4. The lowest BCUT2D eigenvalue weighted by Gasteiger charge is -2.13. The highest BCUT2D eigenvalue weighted by Gasteiger charge is 2.30. The van der Waals surface area contributed by atoms with Gasteiger partial charge in [-0.25, -0.2) is 4.68 Å². The monoisotopic (exact) mass is 364 g/mol. The van der Waals surface area contributed by atoms with Gasteiger partial charge in [0.25, 0.3) is 5.91 Å². The third-order valence-corrected chi connectivity index (χ3v) is 3.67. The fourth-order valence-corrected chi connectivity index (χ4v) is 2.40. The summed E-state index contributed by atoms with van der Waals surface area (Å²) in [5, 5.41) is 14.2. The molecule has 0 aliphatic heterocycles. The Bertz CT molecular complexity index is 888. The molecule has 0 saturated carbocycles. The molecule has 0 aliphatic rings. The van der Waals surface area contributed by atoms with E-state index in [0.29, 0.717) is 12.1 Å². The van der Waals surface area contributed by atoms with Gasteiger partial charge >= 0.3 is 6.18 Å². The molecule has 1 amide bonds. The number of nitrogens with one attached hydrogen (secondary N) is 1. The summed E-state index contributed by atoms with van der Waals surface area (Å²) in [6.07, 6.45) is -1.42. The first-order valence-electron chi connectivity index (χ1n) is 7.63. The van der Waals surface area contributed by atoms with Crippen LogP contribution in [0.4, 0.5) is 13.2 Å². The summed E-state index contributed by atoms with van der Waals surface area (Å²) in [5.74, 6) is -0.352. The highest BCUT2D eigenvalue weighted by atomic mass is 19.4. The standard InChI is InChI=1S/C16H15F3N6O/c1-24(9-13-5-6-20-21-13)15(26)14-10-25(23-22-14)8-11-3-2-4-12(7-11)16(17,18)19/h2-7,10H,8-9H2,1H3,(H,20,21). The molecule has 0 atom stereocenters. The molecule has 3 rings (SSSR count). The molecule has 10 heteroatoms. The Labute approximate surface area is 146 Å². The smallest absolute Gasteiger partial charge is 0.334 e. The number of rotatable bonds is 5. The fourth-order valence-electron chi connectivity index (χ4n) is 2.40. The van der Waals surface area contributed by atoms with Crippen LogP contribution in [0.5, 0.6) is 0 Å². The van der Waals surface area contributed by atoms with Crippen LogP contribution in [-0.2, 0) is 19.3 Å². The van der Waals surface area contributed by atoms with Crippen LogP contribution in [0.15, 0.2) is 42.7 Å². The molecule has 0 saturated heterocycles. The summed E-state index contributed by atoms with van der Waals surface area (Å²) < 4.78 is 39.6. The predicted octanol–water partition coefficient (Wildman–Crippen LogP) is 2.34. The van der Waals surface area contributed by atoms with Gasteiger partial charge in [-0.05, 0) is 23.8 Å². The van der Waals surface area contributed by atoms with E-state index in [4.69, 9.17) is 0 Å².